The summed E-state index contributed by atoms with van der Waals surface area (Å²) in [5.74, 6) is 0. The summed E-state index contributed by atoms with van der Waals surface area (Å²) in [6.07, 6.45) is 3.33. The van der Waals surface area contributed by atoms with Crippen LogP contribution in [0.3, 0.4) is 0 Å². The number of H-pyrrole nitrogens is 1. The van der Waals surface area contributed by atoms with Crippen LogP contribution in [0.2, 0.25) is 0 Å². The van der Waals surface area contributed by atoms with Gasteiger partial charge >= 0.3 is 5.69 Å². The van der Waals surface area contributed by atoms with E-state index >= 15 is 0 Å². The Morgan fingerprint density at radius 2 is 2.21 bits per heavy atom. The Morgan fingerprint density at radius 3 is 2.79 bits per heavy atom. The predicted octanol–water partition coefficient (Wildman–Crippen LogP) is 2.24. The zero-order valence-electron chi connectivity index (χ0n) is 7.62. The molecule has 1 heterocycles. The molecule has 0 saturated carbocycles. The zero-order valence-corrected chi connectivity index (χ0v) is 9.21. The van der Waals surface area contributed by atoms with Gasteiger partial charge in [0, 0.05) is 16.9 Å². The van der Waals surface area contributed by atoms with Crippen LogP contribution in [0.25, 0.3) is 5.69 Å². The number of nitrogens with zero attached hydrogens (tertiary/aromatic N) is 1. The first kappa shape index (κ1) is 9.27. The highest BCUT2D eigenvalue weighted by Crippen LogP contribution is 2.20. The molecule has 1 aromatic heterocycles. The van der Waals surface area contributed by atoms with Gasteiger partial charge in [-0.25, -0.2) is 4.79 Å². The molecule has 1 N–H and O–H groups in total. The molecule has 0 bridgehead atoms. The third-order valence-corrected chi connectivity index (χ3v) is 2.65. The fraction of sp³-hybridized carbons (Fsp3) is 0.100. The van der Waals surface area contributed by atoms with Crippen LogP contribution in [-0.2, 0) is 0 Å². The Morgan fingerprint density at radius 1 is 1.43 bits per heavy atom. The van der Waals surface area contributed by atoms with Crippen molar-refractivity contribution in [2.75, 3.05) is 0 Å². The van der Waals surface area contributed by atoms with Crippen LogP contribution in [0, 0.1) is 6.92 Å². The minimum atomic E-state index is -0.130. The number of aryl methyl sites for hydroxylation is 1. The normalized spacial score (nSPS) is 10.4. The van der Waals surface area contributed by atoms with E-state index in [-0.39, 0.29) is 5.69 Å². The zero-order chi connectivity index (χ0) is 10.1. The highest BCUT2D eigenvalue weighted by atomic mass is 79.9. The monoisotopic (exact) mass is 252 g/mol. The predicted molar refractivity (Wildman–Crippen MR) is 58.8 cm³/mol. The largest absolute Gasteiger partial charge is 0.330 e. The molecular formula is C10H9BrN2O. The van der Waals surface area contributed by atoms with E-state index in [0.29, 0.717) is 0 Å². The number of nitrogens with one attached hydrogen (secondary N) is 1. The fourth-order valence-corrected chi connectivity index (χ4v) is 2.00. The summed E-state index contributed by atoms with van der Waals surface area (Å²) < 4.78 is 2.47. The van der Waals surface area contributed by atoms with Crippen LogP contribution in [0.15, 0.2) is 39.9 Å². The number of benzene rings is 1. The summed E-state index contributed by atoms with van der Waals surface area (Å²) in [5.41, 5.74) is 1.88. The third kappa shape index (κ3) is 1.53. The lowest BCUT2D eigenvalue weighted by atomic mass is 10.2. The number of hydrogen-bond donors (Lipinski definition) is 1. The van der Waals surface area contributed by atoms with E-state index in [2.05, 4.69) is 20.9 Å². The van der Waals surface area contributed by atoms with Gasteiger partial charge in [-0.15, -0.1) is 0 Å². The van der Waals surface area contributed by atoms with Crippen molar-refractivity contribution in [2.45, 2.75) is 6.92 Å². The second kappa shape index (κ2) is 3.46. The number of hydrogen-bond acceptors (Lipinski definition) is 1. The third-order valence-electron chi connectivity index (χ3n) is 2.01. The molecule has 0 radical (unpaired) electrons. The van der Waals surface area contributed by atoms with Gasteiger partial charge in [-0.05, 0) is 40.5 Å². The van der Waals surface area contributed by atoms with Gasteiger partial charge in [-0.2, -0.15) is 0 Å². The van der Waals surface area contributed by atoms with E-state index in [9.17, 15) is 4.79 Å². The Hall–Kier alpha value is -1.29. The second-order valence-electron chi connectivity index (χ2n) is 3.09. The minimum absolute atomic E-state index is 0.130. The van der Waals surface area contributed by atoms with E-state index in [1.165, 1.54) is 0 Å². The van der Waals surface area contributed by atoms with Crippen molar-refractivity contribution in [1.82, 2.24) is 9.55 Å². The van der Waals surface area contributed by atoms with E-state index < -0.39 is 0 Å². The Labute approximate surface area is 89.5 Å². The quantitative estimate of drug-likeness (QED) is 0.831. The van der Waals surface area contributed by atoms with Crippen molar-refractivity contribution < 1.29 is 0 Å². The summed E-state index contributed by atoms with van der Waals surface area (Å²) in [4.78, 5) is 13.9. The number of aromatic amines is 1. The molecule has 0 aliphatic heterocycles. The summed E-state index contributed by atoms with van der Waals surface area (Å²) in [6.45, 7) is 2.01. The van der Waals surface area contributed by atoms with Crippen LogP contribution in [0.1, 0.15) is 5.56 Å². The first-order valence-corrected chi connectivity index (χ1v) is 5.00. The number of imidazole rings is 1. The van der Waals surface area contributed by atoms with Crippen molar-refractivity contribution >= 4 is 15.9 Å². The molecule has 0 atom stereocenters. The molecule has 14 heavy (non-hydrogen) atoms. The summed E-state index contributed by atoms with van der Waals surface area (Å²) >= 11 is 3.43. The van der Waals surface area contributed by atoms with Crippen molar-refractivity contribution in [3.05, 3.63) is 51.1 Å². The van der Waals surface area contributed by atoms with Crippen molar-refractivity contribution in [3.63, 3.8) is 0 Å². The number of rotatable bonds is 1. The first-order valence-electron chi connectivity index (χ1n) is 4.21. The van der Waals surface area contributed by atoms with Crippen LogP contribution in [-0.4, -0.2) is 9.55 Å². The van der Waals surface area contributed by atoms with Gasteiger partial charge in [0.15, 0.2) is 0 Å². The van der Waals surface area contributed by atoms with E-state index in [1.807, 2.05) is 25.1 Å². The summed E-state index contributed by atoms with van der Waals surface area (Å²) in [6, 6.07) is 5.86. The molecule has 2 aromatic rings. The maximum Gasteiger partial charge on any atom is 0.330 e. The molecule has 0 saturated heterocycles. The minimum Gasteiger partial charge on any atom is -0.312 e. The molecular weight excluding hydrogens is 244 g/mol. The number of aromatic nitrogens is 2. The molecule has 1 aromatic carbocycles. The molecule has 0 fully saturated rings. The standard InChI is InChI=1S/C10H9BrN2O/c1-7-2-3-9(8(11)6-7)13-5-4-12-10(13)14/h2-6H,1H3,(H,12,14). The Balaban J connectivity index is 2.63. The van der Waals surface area contributed by atoms with Crippen molar-refractivity contribution in [1.29, 1.82) is 0 Å². The molecule has 2 rings (SSSR count). The first-order chi connectivity index (χ1) is 6.68. The van der Waals surface area contributed by atoms with Gasteiger partial charge in [0.1, 0.15) is 0 Å². The van der Waals surface area contributed by atoms with Gasteiger partial charge in [-0.3, -0.25) is 4.57 Å². The van der Waals surface area contributed by atoms with Gasteiger partial charge in [0.25, 0.3) is 0 Å². The van der Waals surface area contributed by atoms with Crippen LogP contribution >= 0.6 is 15.9 Å². The highest BCUT2D eigenvalue weighted by molar-refractivity contribution is 9.10. The maximum atomic E-state index is 11.3. The van der Waals surface area contributed by atoms with Gasteiger partial charge in [-0.1, -0.05) is 6.07 Å². The van der Waals surface area contributed by atoms with Crippen molar-refractivity contribution in [2.24, 2.45) is 0 Å². The lowest BCUT2D eigenvalue weighted by Gasteiger charge is -2.04. The average molecular weight is 253 g/mol. The lowest BCUT2D eigenvalue weighted by Crippen LogP contribution is -2.14. The molecule has 0 spiro atoms. The smallest absolute Gasteiger partial charge is 0.312 e. The topological polar surface area (TPSA) is 37.8 Å². The maximum absolute atomic E-state index is 11.3. The van der Waals surface area contributed by atoms with Crippen LogP contribution in [0.5, 0.6) is 0 Å². The second-order valence-corrected chi connectivity index (χ2v) is 3.94. The van der Waals surface area contributed by atoms with E-state index in [1.54, 1.807) is 17.0 Å². The molecule has 0 amide bonds. The molecule has 0 unspecified atom stereocenters. The number of halogens is 1. The lowest BCUT2D eigenvalue weighted by molar-refractivity contribution is 0.980. The van der Waals surface area contributed by atoms with Gasteiger partial charge < -0.3 is 4.98 Å². The Bertz CT molecular complexity index is 513. The highest BCUT2D eigenvalue weighted by Gasteiger charge is 2.03. The molecule has 72 valence electrons. The molecule has 3 nitrogen and oxygen atoms in total. The summed E-state index contributed by atoms with van der Waals surface area (Å²) in [7, 11) is 0. The molecule has 4 heteroatoms. The van der Waals surface area contributed by atoms with Crippen molar-refractivity contribution in [3.8, 4) is 5.69 Å². The van der Waals surface area contributed by atoms with Gasteiger partial charge in [0.05, 0.1) is 5.69 Å². The van der Waals surface area contributed by atoms with Crippen LogP contribution < -0.4 is 5.69 Å². The van der Waals surface area contributed by atoms with Crippen LogP contribution in [0.4, 0.5) is 0 Å². The molecule has 0 aliphatic rings. The summed E-state index contributed by atoms with van der Waals surface area (Å²) in [5, 5.41) is 0. The fourth-order valence-electron chi connectivity index (χ4n) is 1.32. The van der Waals surface area contributed by atoms with E-state index in [0.717, 1.165) is 15.7 Å². The van der Waals surface area contributed by atoms with E-state index in [4.69, 9.17) is 0 Å². The average Bonchev–Trinajstić information content (AvgIpc) is 2.52. The molecule has 0 aliphatic carbocycles. The Kier molecular flexibility index (Phi) is 2.29. The SMILES string of the molecule is Cc1ccc(-n2cc[nH]c2=O)c(Br)c1. The van der Waals surface area contributed by atoms with Gasteiger partial charge in [0.2, 0.25) is 0 Å².